The van der Waals surface area contributed by atoms with Crippen LogP contribution in [-0.4, -0.2) is 43.7 Å². The normalized spacial score (nSPS) is 16.9. The van der Waals surface area contributed by atoms with Crippen molar-refractivity contribution in [2.45, 2.75) is 19.8 Å². The molecule has 1 N–H and O–H groups in total. The molecule has 3 aromatic rings. The highest BCUT2D eigenvalue weighted by Gasteiger charge is 2.27. The van der Waals surface area contributed by atoms with Gasteiger partial charge < -0.3 is 10.2 Å². The maximum atomic E-state index is 12.6. The molecule has 138 valence electrons. The number of piperidine rings is 1. The van der Waals surface area contributed by atoms with Gasteiger partial charge in [-0.1, -0.05) is 0 Å². The van der Waals surface area contributed by atoms with Crippen LogP contribution in [0, 0.1) is 12.8 Å². The standard InChI is InChI=1S/C19H21N7O/c1-14-21-9-11-26(14)18-7-6-17(23-24-18)25-10-3-4-15(13-25)19(27)22-16-5-2-8-20-12-16/h2,5-9,11-12,15H,3-4,10,13H2,1H3,(H,22,27). The van der Waals surface area contributed by atoms with E-state index in [-0.39, 0.29) is 11.8 Å². The minimum atomic E-state index is -0.0867. The number of hydrogen-bond donors (Lipinski definition) is 1. The molecule has 1 fully saturated rings. The molecule has 4 heterocycles. The molecule has 8 nitrogen and oxygen atoms in total. The summed E-state index contributed by atoms with van der Waals surface area (Å²) in [5, 5.41) is 11.6. The van der Waals surface area contributed by atoms with Crippen LogP contribution in [0.3, 0.4) is 0 Å². The third-order valence-corrected chi connectivity index (χ3v) is 4.75. The Balaban J connectivity index is 1.43. The van der Waals surface area contributed by atoms with E-state index in [9.17, 15) is 4.79 Å². The highest BCUT2D eigenvalue weighted by molar-refractivity contribution is 5.92. The van der Waals surface area contributed by atoms with Gasteiger partial charge in [0.1, 0.15) is 5.82 Å². The first-order valence-electron chi connectivity index (χ1n) is 9.00. The van der Waals surface area contributed by atoms with Crippen molar-refractivity contribution in [2.75, 3.05) is 23.3 Å². The van der Waals surface area contributed by atoms with E-state index in [0.717, 1.165) is 42.5 Å². The van der Waals surface area contributed by atoms with Gasteiger partial charge in [-0.15, -0.1) is 10.2 Å². The Labute approximate surface area is 157 Å². The number of aryl methyl sites for hydroxylation is 1. The van der Waals surface area contributed by atoms with Gasteiger partial charge in [-0.25, -0.2) is 4.98 Å². The zero-order valence-corrected chi connectivity index (χ0v) is 15.1. The van der Waals surface area contributed by atoms with Crippen LogP contribution in [-0.2, 0) is 4.79 Å². The summed E-state index contributed by atoms with van der Waals surface area (Å²) in [6.45, 7) is 3.42. The second kappa shape index (κ2) is 7.53. The molecule has 3 aromatic heterocycles. The number of anilines is 2. The number of imidazole rings is 1. The second-order valence-electron chi connectivity index (χ2n) is 6.61. The number of pyridine rings is 1. The number of hydrogen-bond acceptors (Lipinski definition) is 6. The number of carbonyl (C=O) groups excluding carboxylic acids is 1. The molecule has 0 saturated carbocycles. The van der Waals surface area contributed by atoms with E-state index in [4.69, 9.17) is 0 Å². The van der Waals surface area contributed by atoms with Crippen molar-refractivity contribution >= 4 is 17.4 Å². The molecule has 1 atom stereocenters. The molecule has 0 spiro atoms. The van der Waals surface area contributed by atoms with E-state index in [1.165, 1.54) is 0 Å². The number of nitrogens with one attached hydrogen (secondary N) is 1. The average molecular weight is 363 g/mol. The van der Waals surface area contributed by atoms with Crippen LogP contribution in [0.2, 0.25) is 0 Å². The van der Waals surface area contributed by atoms with Gasteiger partial charge in [-0.2, -0.15) is 0 Å². The zero-order chi connectivity index (χ0) is 18.6. The maximum absolute atomic E-state index is 12.6. The number of rotatable bonds is 4. The number of aromatic nitrogens is 5. The summed E-state index contributed by atoms with van der Waals surface area (Å²) in [6.07, 6.45) is 8.74. The molecule has 1 aliphatic rings. The summed E-state index contributed by atoms with van der Waals surface area (Å²) in [7, 11) is 0. The van der Waals surface area contributed by atoms with Crippen molar-refractivity contribution < 1.29 is 4.79 Å². The quantitative estimate of drug-likeness (QED) is 0.765. The first-order valence-corrected chi connectivity index (χ1v) is 9.00. The Kier molecular flexibility index (Phi) is 4.78. The Morgan fingerprint density at radius 1 is 1.19 bits per heavy atom. The molecule has 1 unspecified atom stereocenters. The maximum Gasteiger partial charge on any atom is 0.229 e. The smallest absolute Gasteiger partial charge is 0.229 e. The van der Waals surface area contributed by atoms with Gasteiger partial charge in [-0.05, 0) is 44.0 Å². The molecular formula is C19H21N7O. The largest absolute Gasteiger partial charge is 0.354 e. The lowest BCUT2D eigenvalue weighted by atomic mass is 9.97. The summed E-state index contributed by atoms with van der Waals surface area (Å²) in [5.41, 5.74) is 0.722. The lowest BCUT2D eigenvalue weighted by molar-refractivity contribution is -0.120. The SMILES string of the molecule is Cc1nccn1-c1ccc(N2CCCC(C(=O)Nc3cccnc3)C2)nn1. The number of amides is 1. The van der Waals surface area contributed by atoms with Gasteiger partial charge in [0.25, 0.3) is 0 Å². The summed E-state index contributed by atoms with van der Waals surface area (Å²) >= 11 is 0. The summed E-state index contributed by atoms with van der Waals surface area (Å²) in [5.74, 6) is 2.32. The molecule has 1 amide bonds. The van der Waals surface area contributed by atoms with Crippen LogP contribution in [0.1, 0.15) is 18.7 Å². The van der Waals surface area contributed by atoms with Gasteiger partial charge in [0.15, 0.2) is 11.6 Å². The van der Waals surface area contributed by atoms with Crippen LogP contribution < -0.4 is 10.2 Å². The Morgan fingerprint density at radius 3 is 2.74 bits per heavy atom. The van der Waals surface area contributed by atoms with Gasteiger partial charge in [0.05, 0.1) is 17.8 Å². The van der Waals surface area contributed by atoms with Crippen molar-refractivity contribution in [1.29, 1.82) is 0 Å². The predicted octanol–water partition coefficient (Wildman–Crippen LogP) is 2.22. The van der Waals surface area contributed by atoms with Crippen molar-refractivity contribution in [3.05, 3.63) is 54.9 Å². The van der Waals surface area contributed by atoms with E-state index in [0.29, 0.717) is 6.54 Å². The van der Waals surface area contributed by atoms with E-state index in [1.54, 1.807) is 18.6 Å². The lowest BCUT2D eigenvalue weighted by Crippen LogP contribution is -2.41. The fourth-order valence-electron chi connectivity index (χ4n) is 3.32. The van der Waals surface area contributed by atoms with Crippen LogP contribution in [0.15, 0.2) is 49.1 Å². The van der Waals surface area contributed by atoms with Crippen LogP contribution >= 0.6 is 0 Å². The van der Waals surface area contributed by atoms with Gasteiger partial charge >= 0.3 is 0 Å². The average Bonchev–Trinajstić information content (AvgIpc) is 3.15. The first kappa shape index (κ1) is 17.1. The molecule has 0 radical (unpaired) electrons. The Morgan fingerprint density at radius 2 is 2.04 bits per heavy atom. The van der Waals surface area contributed by atoms with Gasteiger partial charge in [-0.3, -0.25) is 14.3 Å². The van der Waals surface area contributed by atoms with Crippen molar-refractivity contribution in [3.63, 3.8) is 0 Å². The van der Waals surface area contributed by atoms with Crippen LogP contribution in [0.4, 0.5) is 11.5 Å². The van der Waals surface area contributed by atoms with Crippen molar-refractivity contribution in [1.82, 2.24) is 24.7 Å². The molecular weight excluding hydrogens is 342 g/mol. The minimum absolute atomic E-state index is 0.0197. The van der Waals surface area contributed by atoms with E-state index < -0.39 is 0 Å². The molecule has 4 rings (SSSR count). The lowest BCUT2D eigenvalue weighted by Gasteiger charge is -2.32. The Bertz CT molecular complexity index is 907. The molecule has 0 bridgehead atoms. The molecule has 1 aliphatic heterocycles. The summed E-state index contributed by atoms with van der Waals surface area (Å²) in [6, 6.07) is 7.52. The number of carbonyl (C=O) groups is 1. The fourth-order valence-corrected chi connectivity index (χ4v) is 3.32. The first-order chi connectivity index (χ1) is 13.2. The molecule has 8 heteroatoms. The highest BCUT2D eigenvalue weighted by atomic mass is 16.1. The Hall–Kier alpha value is -3.29. The number of nitrogens with zero attached hydrogens (tertiary/aromatic N) is 6. The van der Waals surface area contributed by atoms with E-state index in [1.807, 2.05) is 42.0 Å². The zero-order valence-electron chi connectivity index (χ0n) is 15.1. The fraction of sp³-hybridized carbons (Fsp3) is 0.316. The van der Waals surface area contributed by atoms with Crippen LogP contribution in [0.25, 0.3) is 5.82 Å². The second-order valence-corrected chi connectivity index (χ2v) is 6.61. The van der Waals surface area contributed by atoms with E-state index >= 15 is 0 Å². The van der Waals surface area contributed by atoms with Gasteiger partial charge in [0.2, 0.25) is 5.91 Å². The third kappa shape index (κ3) is 3.79. The highest BCUT2D eigenvalue weighted by Crippen LogP contribution is 2.23. The van der Waals surface area contributed by atoms with Crippen LogP contribution in [0.5, 0.6) is 0 Å². The molecule has 0 aliphatic carbocycles. The van der Waals surface area contributed by atoms with E-state index in [2.05, 4.69) is 30.4 Å². The minimum Gasteiger partial charge on any atom is -0.354 e. The molecule has 1 saturated heterocycles. The molecule has 27 heavy (non-hydrogen) atoms. The molecule has 0 aromatic carbocycles. The predicted molar refractivity (Wildman–Crippen MR) is 102 cm³/mol. The third-order valence-electron chi connectivity index (χ3n) is 4.75. The summed E-state index contributed by atoms with van der Waals surface area (Å²) in [4.78, 5) is 22.9. The van der Waals surface area contributed by atoms with Crippen molar-refractivity contribution in [3.8, 4) is 5.82 Å². The topological polar surface area (TPSA) is 88.8 Å². The monoisotopic (exact) mass is 363 g/mol. The van der Waals surface area contributed by atoms with Gasteiger partial charge in [0, 0.05) is 31.7 Å². The van der Waals surface area contributed by atoms with Crippen molar-refractivity contribution in [2.24, 2.45) is 5.92 Å². The summed E-state index contributed by atoms with van der Waals surface area (Å²) < 4.78 is 1.89.